The maximum absolute atomic E-state index is 12.7. The Bertz CT molecular complexity index is 723. The zero-order valence-corrected chi connectivity index (χ0v) is 18.8. The van der Waals surface area contributed by atoms with Gasteiger partial charge in [-0.1, -0.05) is 19.4 Å². The van der Waals surface area contributed by atoms with E-state index in [1.165, 1.54) is 4.90 Å². The lowest BCUT2D eigenvalue weighted by atomic mass is 9.81. The van der Waals surface area contributed by atoms with Crippen LogP contribution >= 0.6 is 0 Å². The number of rotatable bonds is 8. The number of hydrogen-bond acceptors (Lipinski definition) is 4. The number of nitrogens with zero attached hydrogens (tertiary/aromatic N) is 1. The molecule has 2 aliphatic heterocycles. The molecule has 0 aliphatic carbocycles. The number of anilines is 1. The maximum atomic E-state index is 12.7. The molecule has 3 rings (SSSR count). The summed E-state index contributed by atoms with van der Waals surface area (Å²) in [4.78, 5) is 28.6. The first-order chi connectivity index (χ1) is 15.1. The Morgan fingerprint density at radius 3 is 2.81 bits per heavy atom. The molecule has 1 aromatic rings. The van der Waals surface area contributed by atoms with Crippen molar-refractivity contribution in [3.05, 3.63) is 24.3 Å². The smallest absolute Gasteiger partial charge is 0.321 e. The van der Waals surface area contributed by atoms with Gasteiger partial charge in [0.05, 0.1) is 33.4 Å². The van der Waals surface area contributed by atoms with Gasteiger partial charge in [0.25, 0.3) is 0 Å². The molecule has 0 saturated carbocycles. The second-order valence-corrected chi connectivity index (χ2v) is 8.49. The van der Waals surface area contributed by atoms with Gasteiger partial charge in [0, 0.05) is 31.3 Å². The van der Waals surface area contributed by atoms with E-state index in [1.54, 1.807) is 7.11 Å². The van der Waals surface area contributed by atoms with E-state index in [4.69, 9.17) is 9.47 Å². The van der Waals surface area contributed by atoms with E-state index in [-0.39, 0.29) is 11.9 Å². The number of quaternary nitrogens is 1. The first kappa shape index (κ1) is 23.3. The highest BCUT2D eigenvalue weighted by atomic mass is 16.5. The zero-order chi connectivity index (χ0) is 22.1. The molecule has 2 heterocycles. The molecule has 0 unspecified atom stereocenters. The number of benzene rings is 1. The second kappa shape index (κ2) is 11.9. The van der Waals surface area contributed by atoms with Crippen LogP contribution < -0.4 is 20.3 Å². The van der Waals surface area contributed by atoms with Gasteiger partial charge in [-0.2, -0.15) is 0 Å². The van der Waals surface area contributed by atoms with Crippen LogP contribution in [0, 0.1) is 11.8 Å². The minimum Gasteiger partial charge on any atom is -0.497 e. The van der Waals surface area contributed by atoms with Crippen LogP contribution in [0.1, 0.15) is 26.2 Å². The zero-order valence-electron chi connectivity index (χ0n) is 18.8. The predicted octanol–water partition coefficient (Wildman–Crippen LogP) is 0.997. The van der Waals surface area contributed by atoms with Crippen molar-refractivity contribution >= 4 is 17.6 Å². The topological polar surface area (TPSA) is 84.3 Å². The summed E-state index contributed by atoms with van der Waals surface area (Å²) in [5, 5.41) is 6.06. The number of amides is 3. The Morgan fingerprint density at radius 2 is 2.06 bits per heavy atom. The summed E-state index contributed by atoms with van der Waals surface area (Å²) in [7, 11) is 1.61. The van der Waals surface area contributed by atoms with Gasteiger partial charge in [-0.3, -0.25) is 4.79 Å². The Hall–Kier alpha value is -2.32. The van der Waals surface area contributed by atoms with Crippen LogP contribution in [-0.2, 0) is 9.53 Å². The van der Waals surface area contributed by atoms with E-state index >= 15 is 0 Å². The lowest BCUT2D eigenvalue weighted by Gasteiger charge is -2.38. The predicted molar refractivity (Wildman–Crippen MR) is 119 cm³/mol. The largest absolute Gasteiger partial charge is 0.497 e. The fourth-order valence-electron chi connectivity index (χ4n) is 4.50. The third-order valence-electron chi connectivity index (χ3n) is 6.47. The molecule has 2 atom stereocenters. The van der Waals surface area contributed by atoms with Crippen LogP contribution in [0.2, 0.25) is 0 Å². The summed E-state index contributed by atoms with van der Waals surface area (Å²) >= 11 is 0. The molecule has 31 heavy (non-hydrogen) atoms. The van der Waals surface area contributed by atoms with Crippen molar-refractivity contribution in [2.45, 2.75) is 26.2 Å². The van der Waals surface area contributed by atoms with Gasteiger partial charge in [0.1, 0.15) is 18.8 Å². The van der Waals surface area contributed by atoms with Crippen LogP contribution in [0.15, 0.2) is 24.3 Å². The number of hydrogen-bond donors (Lipinski definition) is 3. The molecular weight excluding hydrogens is 396 g/mol. The van der Waals surface area contributed by atoms with Gasteiger partial charge < -0.3 is 29.9 Å². The van der Waals surface area contributed by atoms with Crippen LogP contribution in [0.3, 0.4) is 0 Å². The van der Waals surface area contributed by atoms with Crippen LogP contribution in [0.25, 0.3) is 0 Å². The molecular formula is C23H37N4O4+. The number of likely N-dealkylation sites (tertiary alicyclic amines) is 1. The lowest BCUT2D eigenvalue weighted by Crippen LogP contribution is -3.14. The third kappa shape index (κ3) is 7.11. The molecule has 0 radical (unpaired) electrons. The summed E-state index contributed by atoms with van der Waals surface area (Å²) < 4.78 is 10.6. The number of methoxy groups -OCH3 is 1. The molecule has 2 saturated heterocycles. The summed E-state index contributed by atoms with van der Waals surface area (Å²) in [5.41, 5.74) is 0.723. The fourth-order valence-corrected chi connectivity index (χ4v) is 4.50. The summed E-state index contributed by atoms with van der Waals surface area (Å²) in [5.74, 6) is 1.50. The Kier molecular flexibility index (Phi) is 8.97. The summed E-state index contributed by atoms with van der Waals surface area (Å²) in [6, 6.07) is 7.28. The third-order valence-corrected chi connectivity index (χ3v) is 6.47. The van der Waals surface area contributed by atoms with Gasteiger partial charge in [-0.15, -0.1) is 0 Å². The van der Waals surface area contributed by atoms with E-state index in [0.717, 1.165) is 51.4 Å². The minimum atomic E-state index is -0.0944. The number of piperidine rings is 1. The van der Waals surface area contributed by atoms with Gasteiger partial charge in [-0.25, -0.2) is 4.79 Å². The van der Waals surface area contributed by atoms with E-state index < -0.39 is 0 Å². The maximum Gasteiger partial charge on any atom is 0.321 e. The molecule has 2 aliphatic rings. The highest BCUT2D eigenvalue weighted by Gasteiger charge is 2.31. The second-order valence-electron chi connectivity index (χ2n) is 8.49. The lowest BCUT2D eigenvalue weighted by molar-refractivity contribution is -0.906. The van der Waals surface area contributed by atoms with E-state index in [9.17, 15) is 9.59 Å². The molecule has 172 valence electrons. The first-order valence-corrected chi connectivity index (χ1v) is 11.5. The highest BCUT2D eigenvalue weighted by Crippen LogP contribution is 2.29. The highest BCUT2D eigenvalue weighted by molar-refractivity contribution is 5.89. The molecule has 8 heteroatoms. The standard InChI is InChI=1S/C23H36N4O4/c1-3-18-17-27(23(29)25-20-5-4-6-21(16-20)30-2)9-7-19(18)15-22(28)24-8-10-26-11-13-31-14-12-26/h4-6,16,18-19H,3,7-15,17H2,1-2H3,(H,24,28)(H,25,29)/p+1/t18-,19-/m0/s1. The van der Waals surface area contributed by atoms with Crippen molar-refractivity contribution in [2.24, 2.45) is 11.8 Å². The van der Waals surface area contributed by atoms with Crippen LogP contribution in [0.4, 0.5) is 10.5 Å². The molecule has 3 N–H and O–H groups in total. The SMILES string of the molecule is CC[C@H]1CN(C(=O)Nc2cccc(OC)c2)CC[C@H]1CC(=O)NCC[NH+]1CCOCC1. The first-order valence-electron chi connectivity index (χ1n) is 11.5. The number of nitrogens with one attached hydrogen (secondary N) is 3. The number of urea groups is 1. The molecule has 2 fully saturated rings. The van der Waals surface area contributed by atoms with Crippen LogP contribution in [0.5, 0.6) is 5.75 Å². The van der Waals surface area contributed by atoms with Gasteiger partial charge >= 0.3 is 6.03 Å². The molecule has 0 bridgehead atoms. The molecule has 8 nitrogen and oxygen atoms in total. The Balaban J connectivity index is 1.42. The van der Waals surface area contributed by atoms with Crippen molar-refractivity contribution in [2.75, 3.05) is 64.9 Å². The van der Waals surface area contributed by atoms with Crippen molar-refractivity contribution < 1.29 is 24.0 Å². The molecule has 3 amide bonds. The number of carbonyl (C=O) groups is 2. The van der Waals surface area contributed by atoms with E-state index in [1.807, 2.05) is 29.2 Å². The number of ether oxygens (including phenoxy) is 2. The Morgan fingerprint density at radius 1 is 1.26 bits per heavy atom. The molecule has 0 spiro atoms. The monoisotopic (exact) mass is 433 g/mol. The van der Waals surface area contributed by atoms with Gasteiger partial charge in [0.2, 0.25) is 5.91 Å². The van der Waals surface area contributed by atoms with E-state index in [0.29, 0.717) is 43.6 Å². The van der Waals surface area contributed by atoms with E-state index in [2.05, 4.69) is 17.6 Å². The average molecular weight is 434 g/mol. The van der Waals surface area contributed by atoms with Crippen molar-refractivity contribution in [1.82, 2.24) is 10.2 Å². The normalized spacial score (nSPS) is 22.1. The molecule has 0 aromatic heterocycles. The van der Waals surface area contributed by atoms with Gasteiger partial charge in [0.15, 0.2) is 0 Å². The van der Waals surface area contributed by atoms with Crippen LogP contribution in [-0.4, -0.2) is 76.4 Å². The number of carbonyl (C=O) groups excluding carboxylic acids is 2. The minimum absolute atomic E-state index is 0.0944. The van der Waals surface area contributed by atoms with Crippen molar-refractivity contribution in [1.29, 1.82) is 0 Å². The van der Waals surface area contributed by atoms with Crippen molar-refractivity contribution in [3.8, 4) is 5.75 Å². The van der Waals surface area contributed by atoms with Gasteiger partial charge in [-0.05, 0) is 30.4 Å². The van der Waals surface area contributed by atoms with Crippen molar-refractivity contribution in [3.63, 3.8) is 0 Å². The average Bonchev–Trinajstić information content (AvgIpc) is 2.80. The fraction of sp³-hybridized carbons (Fsp3) is 0.652. The summed E-state index contributed by atoms with van der Waals surface area (Å²) in [6.07, 6.45) is 2.35. The molecule has 1 aromatic carbocycles. The quantitative estimate of drug-likeness (QED) is 0.571. The summed E-state index contributed by atoms with van der Waals surface area (Å²) in [6.45, 7) is 8.82. The number of morpholine rings is 1. The Labute approximate surface area is 185 Å².